The lowest BCUT2D eigenvalue weighted by Gasteiger charge is -2.15. The quantitative estimate of drug-likeness (QED) is 0.766. The summed E-state index contributed by atoms with van der Waals surface area (Å²) >= 11 is 0. The normalized spacial score (nSPS) is 19.9. The van der Waals surface area contributed by atoms with Crippen LogP contribution in [0.4, 0.5) is 4.39 Å². The number of alkyl halides is 1. The summed E-state index contributed by atoms with van der Waals surface area (Å²) in [6.45, 7) is 0.702. The zero-order chi connectivity index (χ0) is 11.5. The maximum atomic E-state index is 13.0. The van der Waals surface area contributed by atoms with Crippen molar-refractivity contribution in [2.75, 3.05) is 20.2 Å². The Morgan fingerprint density at radius 2 is 2.38 bits per heavy atom. The van der Waals surface area contributed by atoms with E-state index in [4.69, 9.17) is 4.74 Å². The molecule has 0 aromatic heterocycles. The third-order valence-corrected chi connectivity index (χ3v) is 2.73. The van der Waals surface area contributed by atoms with Crippen LogP contribution < -0.4 is 4.74 Å². The lowest BCUT2D eigenvalue weighted by molar-refractivity contribution is 0.0782. The van der Waals surface area contributed by atoms with E-state index in [2.05, 4.69) is 0 Å². The van der Waals surface area contributed by atoms with Crippen LogP contribution in [0.25, 0.3) is 0 Å². The van der Waals surface area contributed by atoms with Crippen LogP contribution in [-0.2, 0) is 0 Å². The van der Waals surface area contributed by atoms with Gasteiger partial charge in [-0.3, -0.25) is 4.79 Å². The number of carbonyl (C=O) groups excluding carboxylic acids is 1. The zero-order valence-electron chi connectivity index (χ0n) is 9.15. The maximum Gasteiger partial charge on any atom is 0.254 e. The molecular formula is C12H14FNO2. The van der Waals surface area contributed by atoms with Gasteiger partial charge in [-0.15, -0.1) is 0 Å². The Morgan fingerprint density at radius 3 is 3.00 bits per heavy atom. The van der Waals surface area contributed by atoms with Gasteiger partial charge >= 0.3 is 0 Å². The first-order valence-corrected chi connectivity index (χ1v) is 5.28. The molecule has 86 valence electrons. The minimum Gasteiger partial charge on any atom is -0.497 e. The van der Waals surface area contributed by atoms with Gasteiger partial charge in [-0.25, -0.2) is 4.39 Å². The first-order chi connectivity index (χ1) is 7.70. The number of amides is 1. The first kappa shape index (κ1) is 10.9. The summed E-state index contributed by atoms with van der Waals surface area (Å²) in [5.41, 5.74) is 0.549. The summed E-state index contributed by atoms with van der Waals surface area (Å²) in [7, 11) is 1.55. The fourth-order valence-electron chi connectivity index (χ4n) is 1.84. The van der Waals surface area contributed by atoms with E-state index in [1.807, 2.05) is 0 Å². The number of likely N-dealkylation sites (tertiary alicyclic amines) is 1. The fourth-order valence-corrected chi connectivity index (χ4v) is 1.84. The second-order valence-corrected chi connectivity index (χ2v) is 3.87. The molecule has 1 heterocycles. The summed E-state index contributed by atoms with van der Waals surface area (Å²) in [5, 5.41) is 0. The molecule has 4 heteroatoms. The minimum absolute atomic E-state index is 0.126. The van der Waals surface area contributed by atoms with Crippen molar-refractivity contribution in [2.24, 2.45) is 0 Å². The summed E-state index contributed by atoms with van der Waals surface area (Å²) < 4.78 is 18.0. The van der Waals surface area contributed by atoms with Crippen LogP contribution in [0, 0.1) is 0 Å². The molecule has 16 heavy (non-hydrogen) atoms. The molecule has 1 aromatic carbocycles. The number of rotatable bonds is 2. The van der Waals surface area contributed by atoms with Crippen molar-refractivity contribution in [1.82, 2.24) is 4.90 Å². The second kappa shape index (κ2) is 4.51. The maximum absolute atomic E-state index is 13.0. The van der Waals surface area contributed by atoms with E-state index >= 15 is 0 Å². The molecule has 1 aliphatic rings. The molecule has 0 saturated carbocycles. The van der Waals surface area contributed by atoms with E-state index in [1.54, 1.807) is 36.3 Å². The Balaban J connectivity index is 2.14. The smallest absolute Gasteiger partial charge is 0.254 e. The predicted molar refractivity (Wildman–Crippen MR) is 58.4 cm³/mol. The third kappa shape index (κ3) is 2.15. The molecule has 3 nitrogen and oxygen atoms in total. The fraction of sp³-hybridized carbons (Fsp3) is 0.417. The molecule has 1 amide bonds. The topological polar surface area (TPSA) is 29.5 Å². The van der Waals surface area contributed by atoms with E-state index in [-0.39, 0.29) is 12.5 Å². The third-order valence-electron chi connectivity index (χ3n) is 2.73. The van der Waals surface area contributed by atoms with E-state index in [1.165, 1.54) is 0 Å². The molecule has 2 rings (SSSR count). The Bertz CT molecular complexity index is 394. The lowest BCUT2D eigenvalue weighted by atomic mass is 10.2. The molecule has 1 atom stereocenters. The van der Waals surface area contributed by atoms with Crippen molar-refractivity contribution in [3.05, 3.63) is 29.8 Å². The van der Waals surface area contributed by atoms with Gasteiger partial charge in [0.1, 0.15) is 11.9 Å². The van der Waals surface area contributed by atoms with E-state index in [0.29, 0.717) is 24.3 Å². The molecule has 0 spiro atoms. The van der Waals surface area contributed by atoms with Gasteiger partial charge in [0.15, 0.2) is 0 Å². The molecule has 1 aliphatic heterocycles. The molecule has 0 N–H and O–H groups in total. The average molecular weight is 223 g/mol. The van der Waals surface area contributed by atoms with Crippen molar-refractivity contribution in [3.8, 4) is 5.75 Å². The number of carbonyl (C=O) groups is 1. The van der Waals surface area contributed by atoms with Gasteiger partial charge < -0.3 is 9.64 Å². The summed E-state index contributed by atoms with van der Waals surface area (Å²) in [5.74, 6) is 0.515. The minimum atomic E-state index is -0.880. The predicted octanol–water partition coefficient (Wildman–Crippen LogP) is 1.88. The number of halogens is 1. The Labute approximate surface area is 93.8 Å². The number of hydrogen-bond acceptors (Lipinski definition) is 2. The van der Waals surface area contributed by atoms with Crippen molar-refractivity contribution in [3.63, 3.8) is 0 Å². The number of benzene rings is 1. The van der Waals surface area contributed by atoms with Gasteiger partial charge in [0.25, 0.3) is 5.91 Å². The first-order valence-electron chi connectivity index (χ1n) is 5.28. The highest BCUT2D eigenvalue weighted by Crippen LogP contribution is 2.18. The van der Waals surface area contributed by atoms with E-state index in [0.717, 1.165) is 0 Å². The van der Waals surface area contributed by atoms with Gasteiger partial charge in [-0.2, -0.15) is 0 Å². The molecule has 1 fully saturated rings. The summed E-state index contributed by atoms with van der Waals surface area (Å²) in [4.78, 5) is 13.5. The number of ether oxygens (including phenoxy) is 1. The Hall–Kier alpha value is -1.58. The van der Waals surface area contributed by atoms with Crippen LogP contribution in [0.5, 0.6) is 5.75 Å². The van der Waals surface area contributed by atoms with Crippen LogP contribution in [-0.4, -0.2) is 37.2 Å². The monoisotopic (exact) mass is 223 g/mol. The largest absolute Gasteiger partial charge is 0.497 e. The summed E-state index contributed by atoms with van der Waals surface area (Å²) in [6.07, 6.45) is -0.440. The highest BCUT2D eigenvalue weighted by Gasteiger charge is 2.26. The molecule has 1 saturated heterocycles. The molecule has 0 bridgehead atoms. The van der Waals surface area contributed by atoms with Crippen molar-refractivity contribution >= 4 is 5.91 Å². The van der Waals surface area contributed by atoms with Gasteiger partial charge in [0.2, 0.25) is 0 Å². The second-order valence-electron chi connectivity index (χ2n) is 3.87. The molecule has 0 radical (unpaired) electrons. The van der Waals surface area contributed by atoms with E-state index < -0.39 is 6.17 Å². The van der Waals surface area contributed by atoms with Gasteiger partial charge in [0.05, 0.1) is 13.7 Å². The van der Waals surface area contributed by atoms with Crippen LogP contribution >= 0.6 is 0 Å². The Morgan fingerprint density at radius 1 is 1.56 bits per heavy atom. The number of methoxy groups -OCH3 is 1. The highest BCUT2D eigenvalue weighted by atomic mass is 19.1. The van der Waals surface area contributed by atoms with Crippen molar-refractivity contribution in [1.29, 1.82) is 0 Å². The number of nitrogens with zero attached hydrogens (tertiary/aromatic N) is 1. The van der Waals surface area contributed by atoms with Crippen molar-refractivity contribution < 1.29 is 13.9 Å². The molecule has 0 unspecified atom stereocenters. The number of hydrogen-bond donors (Lipinski definition) is 0. The van der Waals surface area contributed by atoms with Gasteiger partial charge in [0, 0.05) is 12.1 Å². The van der Waals surface area contributed by atoms with Crippen LogP contribution in [0.3, 0.4) is 0 Å². The van der Waals surface area contributed by atoms with E-state index in [9.17, 15) is 9.18 Å². The molecule has 0 aliphatic carbocycles. The van der Waals surface area contributed by atoms with Crippen LogP contribution in [0.15, 0.2) is 24.3 Å². The molecule has 1 aromatic rings. The SMILES string of the molecule is COc1cccc(C(=O)N2CC[C@H](F)C2)c1. The lowest BCUT2D eigenvalue weighted by Crippen LogP contribution is -2.28. The van der Waals surface area contributed by atoms with Crippen molar-refractivity contribution in [2.45, 2.75) is 12.6 Å². The Kier molecular flexibility index (Phi) is 3.08. The summed E-state index contributed by atoms with van der Waals surface area (Å²) in [6, 6.07) is 6.93. The van der Waals surface area contributed by atoms with Crippen LogP contribution in [0.1, 0.15) is 16.8 Å². The molecular weight excluding hydrogens is 209 g/mol. The van der Waals surface area contributed by atoms with Gasteiger partial charge in [-0.1, -0.05) is 6.07 Å². The van der Waals surface area contributed by atoms with Gasteiger partial charge in [-0.05, 0) is 24.6 Å². The highest BCUT2D eigenvalue weighted by molar-refractivity contribution is 5.94. The standard InChI is InChI=1S/C12H14FNO2/c1-16-11-4-2-3-9(7-11)12(15)14-6-5-10(13)8-14/h2-4,7,10H,5-6,8H2,1H3/t10-/m0/s1. The average Bonchev–Trinajstić information content (AvgIpc) is 2.75. The zero-order valence-corrected chi connectivity index (χ0v) is 9.15. The van der Waals surface area contributed by atoms with Crippen LogP contribution in [0.2, 0.25) is 0 Å².